The number of nitrogens with zero attached hydrogens (tertiary/aromatic N) is 2. The molecule has 0 aliphatic carbocycles. The van der Waals surface area contributed by atoms with Gasteiger partial charge in [-0.2, -0.15) is 5.10 Å². The predicted molar refractivity (Wildman–Crippen MR) is 75.3 cm³/mol. The maximum atomic E-state index is 12.4. The normalized spacial score (nSPS) is 18.9. The van der Waals surface area contributed by atoms with Gasteiger partial charge in [0.1, 0.15) is 0 Å². The van der Waals surface area contributed by atoms with Crippen molar-refractivity contribution in [3.8, 4) is 0 Å². The molecule has 1 aromatic heterocycles. The van der Waals surface area contributed by atoms with Crippen molar-refractivity contribution in [3.63, 3.8) is 0 Å². The minimum Gasteiger partial charge on any atom is -0.338 e. The zero-order valence-corrected chi connectivity index (χ0v) is 11.7. The van der Waals surface area contributed by atoms with E-state index in [1.54, 1.807) is 23.2 Å². The topological polar surface area (TPSA) is 83.1 Å². The Morgan fingerprint density at radius 2 is 2.10 bits per heavy atom. The van der Waals surface area contributed by atoms with E-state index in [0.717, 1.165) is 10.9 Å². The summed E-state index contributed by atoms with van der Waals surface area (Å²) in [5, 5.41) is 7.69. The van der Waals surface area contributed by atoms with E-state index < -0.39 is 9.84 Å². The fraction of sp³-hybridized carbons (Fsp3) is 0.385. The van der Waals surface area contributed by atoms with E-state index in [1.165, 1.54) is 0 Å². The van der Waals surface area contributed by atoms with Crippen LogP contribution in [0.5, 0.6) is 0 Å². The monoisotopic (exact) mass is 293 g/mol. The highest BCUT2D eigenvalue weighted by molar-refractivity contribution is 7.91. The molecule has 0 spiro atoms. The second kappa shape index (κ2) is 4.90. The molecule has 2 heterocycles. The lowest BCUT2D eigenvalue weighted by molar-refractivity contribution is 0.0768. The number of fused-ring (bicyclic) bond motifs is 1. The Labute approximate surface area is 116 Å². The van der Waals surface area contributed by atoms with Crippen LogP contribution in [-0.2, 0) is 9.84 Å². The van der Waals surface area contributed by atoms with Crippen molar-refractivity contribution in [1.82, 2.24) is 15.1 Å². The first-order valence-corrected chi connectivity index (χ1v) is 8.30. The number of amides is 1. The highest BCUT2D eigenvalue weighted by Gasteiger charge is 2.23. The number of rotatable bonds is 1. The second-order valence-electron chi connectivity index (χ2n) is 4.97. The molecule has 6 nitrogen and oxygen atoms in total. The minimum absolute atomic E-state index is 0.0467. The number of carbonyl (C=O) groups excluding carboxylic acids is 1. The number of hydrogen-bond donors (Lipinski definition) is 1. The number of sulfone groups is 1. The highest BCUT2D eigenvalue weighted by atomic mass is 32.2. The molecule has 7 heteroatoms. The van der Waals surface area contributed by atoms with Crippen molar-refractivity contribution < 1.29 is 13.2 Å². The Balaban J connectivity index is 1.84. The fourth-order valence-electron chi connectivity index (χ4n) is 2.39. The van der Waals surface area contributed by atoms with Crippen LogP contribution >= 0.6 is 0 Å². The lowest BCUT2D eigenvalue weighted by Crippen LogP contribution is -2.33. The lowest BCUT2D eigenvalue weighted by atomic mass is 10.1. The van der Waals surface area contributed by atoms with Gasteiger partial charge in [-0.1, -0.05) is 6.07 Å². The number of aromatic nitrogens is 2. The minimum atomic E-state index is -3.00. The standard InChI is InChI=1S/C13H15N3O3S/c17-13(16-4-1-6-20(18,19)7-5-16)10-2-3-11-9-14-15-12(11)8-10/h2-3,8-9H,1,4-7H2,(H,14,15). The maximum Gasteiger partial charge on any atom is 0.253 e. The molecule has 1 saturated heterocycles. The zero-order valence-electron chi connectivity index (χ0n) is 10.9. The summed E-state index contributed by atoms with van der Waals surface area (Å²) in [6, 6.07) is 5.34. The molecular weight excluding hydrogens is 278 g/mol. The third-order valence-corrected chi connectivity index (χ3v) is 5.25. The molecule has 0 radical (unpaired) electrons. The molecule has 1 N–H and O–H groups in total. The third-order valence-electron chi connectivity index (χ3n) is 3.53. The van der Waals surface area contributed by atoms with Crippen molar-refractivity contribution in [2.24, 2.45) is 0 Å². The Morgan fingerprint density at radius 3 is 2.95 bits per heavy atom. The van der Waals surface area contributed by atoms with Crippen molar-refractivity contribution >= 4 is 26.6 Å². The van der Waals surface area contributed by atoms with Crippen LogP contribution in [0.15, 0.2) is 24.4 Å². The second-order valence-corrected chi connectivity index (χ2v) is 7.27. The van der Waals surface area contributed by atoms with Gasteiger partial charge in [0.15, 0.2) is 9.84 Å². The van der Waals surface area contributed by atoms with Gasteiger partial charge in [0.25, 0.3) is 5.91 Å². The van der Waals surface area contributed by atoms with Crippen LogP contribution in [0.25, 0.3) is 10.9 Å². The Morgan fingerprint density at radius 1 is 1.25 bits per heavy atom. The first kappa shape index (κ1) is 13.1. The van der Waals surface area contributed by atoms with Crippen LogP contribution in [0.3, 0.4) is 0 Å². The van der Waals surface area contributed by atoms with Crippen LogP contribution in [0, 0.1) is 0 Å². The van der Waals surface area contributed by atoms with Gasteiger partial charge in [-0.05, 0) is 18.6 Å². The van der Waals surface area contributed by atoms with E-state index in [0.29, 0.717) is 18.5 Å². The molecule has 0 saturated carbocycles. The molecule has 1 fully saturated rings. The van der Waals surface area contributed by atoms with Crippen molar-refractivity contribution in [1.29, 1.82) is 0 Å². The zero-order chi connectivity index (χ0) is 14.2. The molecular formula is C13H15N3O3S. The van der Waals surface area contributed by atoms with E-state index in [2.05, 4.69) is 10.2 Å². The molecule has 106 valence electrons. The quantitative estimate of drug-likeness (QED) is 0.844. The summed E-state index contributed by atoms with van der Waals surface area (Å²) in [5.41, 5.74) is 1.36. The summed E-state index contributed by atoms with van der Waals surface area (Å²) in [4.78, 5) is 14.0. The molecule has 2 aromatic rings. The fourth-order valence-corrected chi connectivity index (χ4v) is 3.67. The van der Waals surface area contributed by atoms with Crippen LogP contribution in [-0.4, -0.2) is 54.0 Å². The van der Waals surface area contributed by atoms with Gasteiger partial charge in [0, 0.05) is 24.0 Å². The maximum absolute atomic E-state index is 12.4. The molecule has 1 aromatic carbocycles. The summed E-state index contributed by atoms with van der Waals surface area (Å²) in [6.07, 6.45) is 2.20. The van der Waals surface area contributed by atoms with Crippen molar-refractivity contribution in [2.75, 3.05) is 24.6 Å². The molecule has 1 amide bonds. The molecule has 0 unspecified atom stereocenters. The highest BCUT2D eigenvalue weighted by Crippen LogP contribution is 2.16. The van der Waals surface area contributed by atoms with E-state index in [4.69, 9.17) is 0 Å². The lowest BCUT2D eigenvalue weighted by Gasteiger charge is -2.19. The average Bonchev–Trinajstić information content (AvgIpc) is 2.81. The summed E-state index contributed by atoms with van der Waals surface area (Å²) in [6.45, 7) is 0.751. The largest absolute Gasteiger partial charge is 0.338 e. The van der Waals surface area contributed by atoms with Gasteiger partial charge < -0.3 is 4.90 Å². The first-order chi connectivity index (χ1) is 9.55. The average molecular weight is 293 g/mol. The van der Waals surface area contributed by atoms with Gasteiger partial charge >= 0.3 is 0 Å². The number of benzene rings is 1. The third kappa shape index (κ3) is 2.53. The van der Waals surface area contributed by atoms with E-state index in [-0.39, 0.29) is 24.0 Å². The van der Waals surface area contributed by atoms with Crippen LogP contribution < -0.4 is 0 Å². The van der Waals surface area contributed by atoms with E-state index in [1.807, 2.05) is 6.07 Å². The van der Waals surface area contributed by atoms with Crippen LogP contribution in [0.2, 0.25) is 0 Å². The Bertz CT molecular complexity index is 751. The van der Waals surface area contributed by atoms with Crippen LogP contribution in [0.1, 0.15) is 16.8 Å². The first-order valence-electron chi connectivity index (χ1n) is 6.48. The summed E-state index contributed by atoms with van der Waals surface area (Å²) in [5.74, 6) is 0.0834. The number of nitrogens with one attached hydrogen (secondary N) is 1. The summed E-state index contributed by atoms with van der Waals surface area (Å²) in [7, 11) is -3.00. The molecule has 0 atom stereocenters. The molecule has 0 bridgehead atoms. The van der Waals surface area contributed by atoms with Gasteiger partial charge in [-0.15, -0.1) is 0 Å². The SMILES string of the molecule is O=C(c1ccc2cn[nH]c2c1)N1CCCS(=O)(=O)CC1. The van der Waals surface area contributed by atoms with Gasteiger partial charge in [-0.3, -0.25) is 9.89 Å². The summed E-state index contributed by atoms with van der Waals surface area (Å²) >= 11 is 0. The van der Waals surface area contributed by atoms with Gasteiger partial charge in [-0.25, -0.2) is 8.42 Å². The predicted octanol–water partition coefficient (Wildman–Crippen LogP) is 0.824. The molecule has 1 aliphatic heterocycles. The summed E-state index contributed by atoms with van der Waals surface area (Å²) < 4.78 is 23.1. The number of hydrogen-bond acceptors (Lipinski definition) is 4. The van der Waals surface area contributed by atoms with Crippen LogP contribution in [0.4, 0.5) is 0 Å². The van der Waals surface area contributed by atoms with Crippen molar-refractivity contribution in [3.05, 3.63) is 30.0 Å². The van der Waals surface area contributed by atoms with Gasteiger partial charge in [0.05, 0.1) is 23.2 Å². The molecule has 20 heavy (non-hydrogen) atoms. The molecule has 3 rings (SSSR count). The Kier molecular flexibility index (Phi) is 3.21. The molecule has 1 aliphatic rings. The van der Waals surface area contributed by atoms with E-state index >= 15 is 0 Å². The Hall–Kier alpha value is -1.89. The smallest absolute Gasteiger partial charge is 0.253 e. The number of H-pyrrole nitrogens is 1. The van der Waals surface area contributed by atoms with Crippen molar-refractivity contribution in [2.45, 2.75) is 6.42 Å². The van der Waals surface area contributed by atoms with E-state index in [9.17, 15) is 13.2 Å². The van der Waals surface area contributed by atoms with Gasteiger partial charge in [0.2, 0.25) is 0 Å². The number of carbonyl (C=O) groups is 1. The number of aromatic amines is 1.